The van der Waals surface area contributed by atoms with Crippen molar-refractivity contribution in [2.24, 2.45) is 0 Å². The number of hydrogen-bond donors (Lipinski definition) is 1. The number of hydrogen-bond acceptors (Lipinski definition) is 1. The van der Waals surface area contributed by atoms with E-state index in [1.807, 2.05) is 31.3 Å². The molecule has 3 heteroatoms. The topological polar surface area (TPSA) is 25.8 Å². The molecule has 1 rings (SSSR count). The Kier molecular flexibility index (Phi) is 3.91. The van der Waals surface area contributed by atoms with Crippen LogP contribution in [0.5, 0.6) is 5.75 Å². The second-order valence-corrected chi connectivity index (χ2v) is 2.94. The first kappa shape index (κ1) is 9.36. The molecule has 2 nitrogen and oxygen atoms in total. The van der Waals surface area contributed by atoms with Crippen LogP contribution in [0.3, 0.4) is 0 Å². The number of rotatable bonds is 4. The van der Waals surface area contributed by atoms with E-state index in [2.05, 4.69) is 5.32 Å². The molecule has 66 valence electrons. The SMILES string of the molecule is C[NH2+]CCOc1ccc(Cl)cc1. The highest BCUT2D eigenvalue weighted by Crippen LogP contribution is 2.14. The second-order valence-electron chi connectivity index (χ2n) is 2.50. The smallest absolute Gasteiger partial charge is 0.137 e. The number of halogens is 1. The van der Waals surface area contributed by atoms with E-state index >= 15 is 0 Å². The van der Waals surface area contributed by atoms with Gasteiger partial charge in [0.25, 0.3) is 0 Å². The average Bonchev–Trinajstić information content (AvgIpc) is 2.09. The predicted molar refractivity (Wildman–Crippen MR) is 49.7 cm³/mol. The van der Waals surface area contributed by atoms with Crippen LogP contribution in [0, 0.1) is 0 Å². The van der Waals surface area contributed by atoms with Crippen LogP contribution in [0.25, 0.3) is 0 Å². The molecule has 0 aliphatic rings. The Balaban J connectivity index is 2.37. The van der Waals surface area contributed by atoms with Crippen molar-refractivity contribution in [3.63, 3.8) is 0 Å². The molecule has 1 aromatic carbocycles. The Labute approximate surface area is 77.5 Å². The summed E-state index contributed by atoms with van der Waals surface area (Å²) in [6.07, 6.45) is 0. The number of benzene rings is 1. The summed E-state index contributed by atoms with van der Waals surface area (Å²) in [6.45, 7) is 1.71. The van der Waals surface area contributed by atoms with E-state index < -0.39 is 0 Å². The average molecular weight is 187 g/mol. The van der Waals surface area contributed by atoms with Gasteiger partial charge in [-0.2, -0.15) is 0 Å². The summed E-state index contributed by atoms with van der Waals surface area (Å²) in [7, 11) is 2.02. The highest BCUT2D eigenvalue weighted by atomic mass is 35.5. The van der Waals surface area contributed by atoms with Crippen molar-refractivity contribution in [1.82, 2.24) is 0 Å². The van der Waals surface area contributed by atoms with Gasteiger partial charge in [-0.3, -0.25) is 0 Å². The largest absolute Gasteiger partial charge is 0.488 e. The lowest BCUT2D eigenvalue weighted by Gasteiger charge is -2.03. The van der Waals surface area contributed by atoms with Gasteiger partial charge in [0.1, 0.15) is 18.9 Å². The summed E-state index contributed by atoms with van der Waals surface area (Å²) in [5.74, 6) is 0.876. The molecular weight excluding hydrogens is 174 g/mol. The highest BCUT2D eigenvalue weighted by Gasteiger charge is 1.92. The fourth-order valence-electron chi connectivity index (χ4n) is 0.825. The standard InChI is InChI=1S/C9H12ClNO/c1-11-6-7-12-9-4-2-8(10)3-5-9/h2-5,11H,6-7H2,1H3/p+1. The first-order valence-electron chi connectivity index (χ1n) is 3.99. The van der Waals surface area contributed by atoms with Gasteiger partial charge < -0.3 is 10.1 Å². The van der Waals surface area contributed by atoms with Gasteiger partial charge in [0.15, 0.2) is 0 Å². The van der Waals surface area contributed by atoms with Gasteiger partial charge in [0.05, 0.1) is 7.05 Å². The van der Waals surface area contributed by atoms with Gasteiger partial charge >= 0.3 is 0 Å². The van der Waals surface area contributed by atoms with E-state index in [4.69, 9.17) is 16.3 Å². The Hall–Kier alpha value is -0.730. The second kappa shape index (κ2) is 5.01. The monoisotopic (exact) mass is 186 g/mol. The molecule has 0 saturated carbocycles. The molecule has 0 bridgehead atoms. The minimum absolute atomic E-state index is 0.734. The minimum Gasteiger partial charge on any atom is -0.488 e. The summed E-state index contributed by atoms with van der Waals surface area (Å²) in [4.78, 5) is 0. The van der Waals surface area contributed by atoms with Crippen molar-refractivity contribution >= 4 is 11.6 Å². The zero-order valence-electron chi connectivity index (χ0n) is 7.09. The summed E-state index contributed by atoms with van der Waals surface area (Å²) in [6, 6.07) is 7.40. The van der Waals surface area contributed by atoms with Crippen LogP contribution in [0.2, 0.25) is 5.02 Å². The molecule has 0 unspecified atom stereocenters. The minimum atomic E-state index is 0.734. The van der Waals surface area contributed by atoms with Gasteiger partial charge in [0, 0.05) is 5.02 Å². The van der Waals surface area contributed by atoms with Crippen molar-refractivity contribution < 1.29 is 10.1 Å². The van der Waals surface area contributed by atoms with Crippen LogP contribution in [0.1, 0.15) is 0 Å². The van der Waals surface area contributed by atoms with Crippen LogP contribution >= 0.6 is 11.6 Å². The third-order valence-corrected chi connectivity index (χ3v) is 1.74. The van der Waals surface area contributed by atoms with Gasteiger partial charge in [-0.05, 0) is 24.3 Å². The van der Waals surface area contributed by atoms with Gasteiger partial charge in [-0.1, -0.05) is 11.6 Å². The first-order valence-corrected chi connectivity index (χ1v) is 4.37. The van der Waals surface area contributed by atoms with E-state index in [-0.39, 0.29) is 0 Å². The number of ether oxygens (including phenoxy) is 1. The summed E-state index contributed by atoms with van der Waals surface area (Å²) < 4.78 is 5.41. The Bertz CT molecular complexity index is 222. The van der Waals surface area contributed by atoms with Crippen molar-refractivity contribution in [3.05, 3.63) is 29.3 Å². The van der Waals surface area contributed by atoms with Gasteiger partial charge in [-0.15, -0.1) is 0 Å². The molecule has 0 aromatic heterocycles. The lowest BCUT2D eigenvalue weighted by atomic mass is 10.3. The molecule has 0 spiro atoms. The predicted octanol–water partition coefficient (Wildman–Crippen LogP) is 0.912. The molecule has 12 heavy (non-hydrogen) atoms. The quantitative estimate of drug-likeness (QED) is 0.696. The Morgan fingerprint density at radius 2 is 2.00 bits per heavy atom. The molecule has 2 N–H and O–H groups in total. The zero-order chi connectivity index (χ0) is 8.81. The fourth-order valence-corrected chi connectivity index (χ4v) is 0.951. The Morgan fingerprint density at radius 1 is 1.33 bits per heavy atom. The number of quaternary nitrogens is 1. The van der Waals surface area contributed by atoms with Crippen molar-refractivity contribution in [2.75, 3.05) is 20.2 Å². The lowest BCUT2D eigenvalue weighted by Crippen LogP contribution is -2.80. The summed E-state index contributed by atoms with van der Waals surface area (Å²) >= 11 is 5.71. The van der Waals surface area contributed by atoms with Crippen LogP contribution in [-0.2, 0) is 0 Å². The third kappa shape index (κ3) is 3.11. The number of likely N-dealkylation sites (N-methyl/N-ethyl adjacent to an activating group) is 1. The van der Waals surface area contributed by atoms with E-state index in [1.54, 1.807) is 0 Å². The van der Waals surface area contributed by atoms with Crippen molar-refractivity contribution in [2.45, 2.75) is 0 Å². The van der Waals surface area contributed by atoms with Crippen molar-refractivity contribution in [3.8, 4) is 5.75 Å². The molecule has 0 atom stereocenters. The fraction of sp³-hybridized carbons (Fsp3) is 0.333. The number of nitrogens with two attached hydrogens (primary N) is 1. The van der Waals surface area contributed by atoms with E-state index in [0.29, 0.717) is 0 Å². The molecule has 0 fully saturated rings. The van der Waals surface area contributed by atoms with Crippen LogP contribution in [0.15, 0.2) is 24.3 Å². The van der Waals surface area contributed by atoms with E-state index in [0.717, 1.165) is 23.9 Å². The van der Waals surface area contributed by atoms with Crippen LogP contribution < -0.4 is 10.1 Å². The maximum absolute atomic E-state index is 5.71. The summed E-state index contributed by atoms with van der Waals surface area (Å²) in [5.41, 5.74) is 0. The highest BCUT2D eigenvalue weighted by molar-refractivity contribution is 6.30. The maximum Gasteiger partial charge on any atom is 0.137 e. The normalized spacial score (nSPS) is 9.83. The third-order valence-electron chi connectivity index (χ3n) is 1.49. The van der Waals surface area contributed by atoms with Crippen LogP contribution in [-0.4, -0.2) is 20.2 Å². The lowest BCUT2D eigenvalue weighted by molar-refractivity contribution is -0.627. The van der Waals surface area contributed by atoms with Crippen LogP contribution in [0.4, 0.5) is 0 Å². The molecule has 1 aromatic rings. The molecule has 0 heterocycles. The maximum atomic E-state index is 5.71. The molecule has 0 aliphatic heterocycles. The summed E-state index contributed by atoms with van der Waals surface area (Å²) in [5, 5.41) is 2.82. The molecule has 0 aliphatic carbocycles. The Morgan fingerprint density at radius 3 is 2.58 bits per heavy atom. The molecule has 0 saturated heterocycles. The van der Waals surface area contributed by atoms with E-state index in [9.17, 15) is 0 Å². The van der Waals surface area contributed by atoms with Gasteiger partial charge in [0.2, 0.25) is 0 Å². The molecule has 0 amide bonds. The first-order chi connectivity index (χ1) is 5.83. The zero-order valence-corrected chi connectivity index (χ0v) is 7.84. The van der Waals surface area contributed by atoms with Crippen molar-refractivity contribution in [1.29, 1.82) is 0 Å². The molecular formula is C9H13ClNO+. The van der Waals surface area contributed by atoms with Gasteiger partial charge in [-0.25, -0.2) is 0 Å². The molecule has 0 radical (unpaired) electrons. The van der Waals surface area contributed by atoms with E-state index in [1.165, 1.54) is 0 Å².